The van der Waals surface area contributed by atoms with Gasteiger partial charge in [-0.25, -0.2) is 0 Å². The maximum absolute atomic E-state index is 13.8. The third-order valence-electron chi connectivity index (χ3n) is 7.21. The number of fused-ring (bicyclic) bond motifs is 1. The third-order valence-corrected chi connectivity index (χ3v) is 7.21. The number of carbonyl (C=O) groups is 7. The number of rotatable bonds is 8. The molecule has 4 atom stereocenters. The largest absolute Gasteiger partial charge is 0.481 e. The van der Waals surface area contributed by atoms with E-state index >= 15 is 0 Å². The van der Waals surface area contributed by atoms with Gasteiger partial charge in [-0.15, -0.1) is 0 Å². The van der Waals surface area contributed by atoms with Crippen LogP contribution in [-0.4, -0.2) is 108 Å². The fourth-order valence-corrected chi connectivity index (χ4v) is 5.05. The van der Waals surface area contributed by atoms with Crippen LogP contribution in [0, 0.1) is 0 Å². The van der Waals surface area contributed by atoms with E-state index in [4.69, 9.17) is 11.5 Å². The van der Waals surface area contributed by atoms with Gasteiger partial charge < -0.3 is 48.1 Å². The SMILES string of the molecule is NC(N)=NCCC[C@@H]1NC(=O)[C@@H]2CCCN2C(=O)[C@@H](Cc2ccccc2)NC(=O)CNC(=O)[C@H](CC(=O)O)NC(=O)CNC1=O. The summed E-state index contributed by atoms with van der Waals surface area (Å²) in [5, 5.41) is 21.4. The summed E-state index contributed by atoms with van der Waals surface area (Å²) in [6.07, 6.45) is 0.447. The molecule has 0 radical (unpaired) electrons. The van der Waals surface area contributed by atoms with Crippen molar-refractivity contribution in [3.8, 4) is 0 Å². The number of aliphatic imine (C=N–C) groups is 1. The molecular weight excluding hydrogens is 590 g/mol. The Kier molecular flexibility index (Phi) is 12.6. The monoisotopic (exact) mass is 629 g/mol. The Hall–Kier alpha value is -5.22. The van der Waals surface area contributed by atoms with Crippen molar-refractivity contribution >= 4 is 47.4 Å². The molecule has 45 heavy (non-hydrogen) atoms. The molecule has 0 unspecified atom stereocenters. The number of aliphatic carboxylic acids is 1. The number of guanidine groups is 1. The highest BCUT2D eigenvalue weighted by atomic mass is 16.4. The zero-order valence-electron chi connectivity index (χ0n) is 24.6. The highest BCUT2D eigenvalue weighted by Gasteiger charge is 2.39. The van der Waals surface area contributed by atoms with E-state index in [1.165, 1.54) is 4.90 Å². The van der Waals surface area contributed by atoms with Gasteiger partial charge in [0, 0.05) is 19.5 Å². The molecule has 1 aromatic carbocycles. The van der Waals surface area contributed by atoms with Gasteiger partial charge in [0.15, 0.2) is 5.96 Å². The second-order valence-corrected chi connectivity index (χ2v) is 10.7. The van der Waals surface area contributed by atoms with E-state index < -0.39 is 85.1 Å². The van der Waals surface area contributed by atoms with Crippen molar-refractivity contribution in [3.63, 3.8) is 0 Å². The number of amides is 6. The molecule has 2 aliphatic heterocycles. The van der Waals surface area contributed by atoms with Crippen LogP contribution in [0.5, 0.6) is 0 Å². The number of nitrogens with one attached hydrogen (secondary N) is 5. The Morgan fingerprint density at radius 1 is 0.867 bits per heavy atom. The average molecular weight is 630 g/mol. The summed E-state index contributed by atoms with van der Waals surface area (Å²) in [4.78, 5) is 95.3. The van der Waals surface area contributed by atoms with Crippen LogP contribution >= 0.6 is 0 Å². The third kappa shape index (κ3) is 10.8. The molecule has 2 saturated heterocycles. The van der Waals surface area contributed by atoms with E-state index in [0.717, 1.165) is 5.56 Å². The van der Waals surface area contributed by atoms with Crippen molar-refractivity contribution in [2.75, 3.05) is 26.2 Å². The standard InChI is InChI=1S/C28H39N9O8/c29-28(30)31-10-4-8-17-24(42)32-14-21(38)34-18(13-23(40)41)25(43)33-15-22(39)35-19(12-16-6-2-1-3-7-16)27(45)37-11-5-9-20(37)26(44)36-17/h1-3,6-7,17-20H,4-5,8-15H2,(H,32,42)(H,33,43)(H,34,38)(H,35,39)(H,36,44)(H,40,41)(H4,29,30,31)/t17-,18-,19+,20-/m0/s1. The number of carboxylic acids is 1. The number of hydrogen-bond acceptors (Lipinski definition) is 8. The van der Waals surface area contributed by atoms with Crippen LogP contribution in [-0.2, 0) is 40.0 Å². The second-order valence-electron chi connectivity index (χ2n) is 10.7. The Morgan fingerprint density at radius 2 is 1.49 bits per heavy atom. The second kappa shape index (κ2) is 16.6. The maximum Gasteiger partial charge on any atom is 0.305 e. The van der Waals surface area contributed by atoms with Crippen LogP contribution in [0.3, 0.4) is 0 Å². The number of nitrogens with zero attached hydrogens (tertiary/aromatic N) is 2. The smallest absolute Gasteiger partial charge is 0.305 e. The quantitative estimate of drug-likeness (QED) is 0.0797. The van der Waals surface area contributed by atoms with Gasteiger partial charge in [-0.05, 0) is 31.2 Å². The van der Waals surface area contributed by atoms with Crippen molar-refractivity contribution in [2.45, 2.75) is 62.7 Å². The first-order valence-electron chi connectivity index (χ1n) is 14.5. The van der Waals surface area contributed by atoms with E-state index in [1.54, 1.807) is 30.3 Å². The summed E-state index contributed by atoms with van der Waals surface area (Å²) in [5.41, 5.74) is 11.4. The summed E-state index contributed by atoms with van der Waals surface area (Å²) in [6, 6.07) is 4.11. The van der Waals surface area contributed by atoms with Crippen molar-refractivity contribution in [1.82, 2.24) is 31.5 Å². The highest BCUT2D eigenvalue weighted by Crippen LogP contribution is 2.20. The van der Waals surface area contributed by atoms with Gasteiger partial charge in [-0.2, -0.15) is 0 Å². The van der Waals surface area contributed by atoms with Gasteiger partial charge in [0.2, 0.25) is 35.4 Å². The minimum Gasteiger partial charge on any atom is -0.481 e. The Bertz CT molecular complexity index is 1300. The van der Waals surface area contributed by atoms with Gasteiger partial charge in [-0.3, -0.25) is 38.6 Å². The molecule has 0 saturated carbocycles. The number of carboxylic acid groups (broad SMARTS) is 1. The molecule has 244 valence electrons. The molecule has 2 heterocycles. The van der Waals surface area contributed by atoms with E-state index in [0.29, 0.717) is 12.8 Å². The molecule has 10 N–H and O–H groups in total. The van der Waals surface area contributed by atoms with E-state index in [9.17, 15) is 38.7 Å². The van der Waals surface area contributed by atoms with Gasteiger partial charge in [0.1, 0.15) is 24.2 Å². The summed E-state index contributed by atoms with van der Waals surface area (Å²) >= 11 is 0. The van der Waals surface area contributed by atoms with Crippen LogP contribution in [0.1, 0.15) is 37.7 Å². The topological polar surface area (TPSA) is 268 Å². The van der Waals surface area contributed by atoms with Crippen molar-refractivity contribution in [3.05, 3.63) is 35.9 Å². The number of hydrogen-bond donors (Lipinski definition) is 8. The Labute approximate surface area is 258 Å². The Morgan fingerprint density at radius 3 is 2.11 bits per heavy atom. The van der Waals surface area contributed by atoms with Crippen molar-refractivity contribution < 1.29 is 38.7 Å². The van der Waals surface area contributed by atoms with Crippen molar-refractivity contribution in [1.29, 1.82) is 0 Å². The summed E-state index contributed by atoms with van der Waals surface area (Å²) < 4.78 is 0. The molecule has 17 nitrogen and oxygen atoms in total. The fraction of sp³-hybridized carbons (Fsp3) is 0.500. The van der Waals surface area contributed by atoms with E-state index in [1.807, 2.05) is 0 Å². The molecule has 3 rings (SSSR count). The summed E-state index contributed by atoms with van der Waals surface area (Å²) in [7, 11) is 0. The van der Waals surface area contributed by atoms with E-state index in [-0.39, 0.29) is 38.3 Å². The van der Waals surface area contributed by atoms with Crippen LogP contribution in [0.2, 0.25) is 0 Å². The van der Waals surface area contributed by atoms with E-state index in [2.05, 4.69) is 31.6 Å². The molecule has 0 aromatic heterocycles. The van der Waals surface area contributed by atoms with Gasteiger partial charge >= 0.3 is 5.97 Å². The minimum atomic E-state index is -1.57. The lowest BCUT2D eigenvalue weighted by Crippen LogP contribution is -2.58. The van der Waals surface area contributed by atoms with Gasteiger partial charge in [-0.1, -0.05) is 30.3 Å². The Balaban J connectivity index is 1.91. The van der Waals surface area contributed by atoms with Crippen LogP contribution < -0.4 is 38.1 Å². The normalized spacial score (nSPS) is 23.7. The molecule has 0 spiro atoms. The first-order chi connectivity index (χ1) is 21.4. The van der Waals surface area contributed by atoms with Crippen molar-refractivity contribution in [2.24, 2.45) is 16.5 Å². The molecular formula is C28H39N9O8. The fourth-order valence-electron chi connectivity index (χ4n) is 5.05. The highest BCUT2D eigenvalue weighted by molar-refractivity contribution is 5.97. The van der Waals surface area contributed by atoms with Crippen LogP contribution in [0.15, 0.2) is 35.3 Å². The summed E-state index contributed by atoms with van der Waals surface area (Å²) in [5.74, 6) is -5.97. The van der Waals surface area contributed by atoms with Crippen LogP contribution in [0.4, 0.5) is 0 Å². The predicted molar refractivity (Wildman–Crippen MR) is 159 cm³/mol. The molecule has 2 aliphatic rings. The van der Waals surface area contributed by atoms with Gasteiger partial charge in [0.25, 0.3) is 0 Å². The molecule has 0 aliphatic carbocycles. The molecule has 6 amide bonds. The predicted octanol–water partition coefficient (Wildman–Crippen LogP) is -3.55. The lowest BCUT2D eigenvalue weighted by molar-refractivity contribution is -0.142. The maximum atomic E-state index is 13.8. The zero-order chi connectivity index (χ0) is 32.9. The number of benzene rings is 1. The van der Waals surface area contributed by atoms with Crippen LogP contribution in [0.25, 0.3) is 0 Å². The first kappa shape index (κ1) is 34.3. The molecule has 0 bridgehead atoms. The summed E-state index contributed by atoms with van der Waals surface area (Å²) in [6.45, 7) is -0.875. The lowest BCUT2D eigenvalue weighted by atomic mass is 10.0. The first-order valence-corrected chi connectivity index (χ1v) is 14.5. The molecule has 2 fully saturated rings. The number of nitrogens with two attached hydrogens (primary N) is 2. The van der Waals surface area contributed by atoms with Gasteiger partial charge in [0.05, 0.1) is 19.5 Å². The number of carbonyl (C=O) groups excluding carboxylic acids is 6. The molecule has 1 aromatic rings. The minimum absolute atomic E-state index is 0.0768. The lowest BCUT2D eigenvalue weighted by Gasteiger charge is -2.30. The average Bonchev–Trinajstić information content (AvgIpc) is 3.49. The molecule has 17 heteroatoms. The zero-order valence-corrected chi connectivity index (χ0v) is 24.6.